The second-order valence-corrected chi connectivity index (χ2v) is 4.20. The van der Waals surface area contributed by atoms with E-state index in [2.05, 4.69) is 0 Å². The van der Waals surface area contributed by atoms with Crippen LogP contribution >= 0.6 is 0 Å². The van der Waals surface area contributed by atoms with Gasteiger partial charge in [-0.2, -0.15) is 0 Å². The lowest BCUT2D eigenvalue weighted by Gasteiger charge is -2.17. The molecule has 0 bridgehead atoms. The predicted octanol–water partition coefficient (Wildman–Crippen LogP) is 3.00. The minimum atomic E-state index is -0.335. The Kier molecular flexibility index (Phi) is 3.46. The van der Waals surface area contributed by atoms with Crippen molar-refractivity contribution in [3.05, 3.63) is 59.3 Å². The van der Waals surface area contributed by atoms with Crippen LogP contribution in [0.15, 0.2) is 41.0 Å². The van der Waals surface area contributed by atoms with Gasteiger partial charge < -0.3 is 9.32 Å². The highest BCUT2D eigenvalue weighted by Crippen LogP contribution is 2.14. The lowest BCUT2D eigenvalue weighted by molar-refractivity contribution is 0.0774. The predicted molar refractivity (Wildman–Crippen MR) is 65.6 cm³/mol. The van der Waals surface area contributed by atoms with Crippen molar-refractivity contribution < 1.29 is 13.6 Å². The molecule has 0 spiro atoms. The Morgan fingerprint density at radius 2 is 2.17 bits per heavy atom. The summed E-state index contributed by atoms with van der Waals surface area (Å²) in [5.74, 6) is 0.229. The van der Waals surface area contributed by atoms with Gasteiger partial charge in [-0.25, -0.2) is 4.39 Å². The Morgan fingerprint density at radius 1 is 1.39 bits per heavy atom. The number of furan rings is 1. The number of carbonyl (C=O) groups excluding carboxylic acids is 1. The largest absolute Gasteiger partial charge is 0.467 e. The first-order valence-corrected chi connectivity index (χ1v) is 5.62. The van der Waals surface area contributed by atoms with Crippen molar-refractivity contribution in [3.63, 3.8) is 0 Å². The molecule has 0 fully saturated rings. The minimum absolute atomic E-state index is 0.149. The first-order valence-electron chi connectivity index (χ1n) is 5.62. The molecule has 1 amide bonds. The molecule has 0 unspecified atom stereocenters. The molecule has 0 radical (unpaired) electrons. The van der Waals surface area contributed by atoms with E-state index in [4.69, 9.17) is 4.42 Å². The summed E-state index contributed by atoms with van der Waals surface area (Å²) < 4.78 is 18.2. The third-order valence-electron chi connectivity index (χ3n) is 2.74. The maximum atomic E-state index is 13.0. The standard InChI is InChI=1S/C14H14FNO2/c1-10-8-11(15)5-6-13(10)14(17)16(2)9-12-4-3-7-18-12/h3-8H,9H2,1-2H3. The molecular weight excluding hydrogens is 233 g/mol. The van der Waals surface area contributed by atoms with Gasteiger partial charge in [0.1, 0.15) is 11.6 Å². The van der Waals surface area contributed by atoms with E-state index in [1.54, 1.807) is 37.3 Å². The van der Waals surface area contributed by atoms with E-state index < -0.39 is 0 Å². The van der Waals surface area contributed by atoms with E-state index in [9.17, 15) is 9.18 Å². The molecule has 1 heterocycles. The molecule has 0 saturated heterocycles. The van der Waals surface area contributed by atoms with Gasteiger partial charge in [-0.1, -0.05) is 0 Å². The molecule has 0 aliphatic heterocycles. The van der Waals surface area contributed by atoms with Crippen LogP contribution < -0.4 is 0 Å². The van der Waals surface area contributed by atoms with Crippen LogP contribution in [0.3, 0.4) is 0 Å². The van der Waals surface area contributed by atoms with Gasteiger partial charge in [0.2, 0.25) is 0 Å². The maximum Gasteiger partial charge on any atom is 0.254 e. The SMILES string of the molecule is Cc1cc(F)ccc1C(=O)N(C)Cc1ccco1. The van der Waals surface area contributed by atoms with E-state index in [0.717, 1.165) is 0 Å². The average molecular weight is 247 g/mol. The van der Waals surface area contributed by atoms with Gasteiger partial charge in [0, 0.05) is 12.6 Å². The molecule has 1 aromatic heterocycles. The average Bonchev–Trinajstić information content (AvgIpc) is 2.81. The summed E-state index contributed by atoms with van der Waals surface area (Å²) >= 11 is 0. The van der Waals surface area contributed by atoms with Gasteiger partial charge >= 0.3 is 0 Å². The number of halogens is 1. The summed E-state index contributed by atoms with van der Waals surface area (Å²) in [5, 5.41) is 0. The van der Waals surface area contributed by atoms with Gasteiger partial charge in [-0.05, 0) is 42.8 Å². The molecule has 3 nitrogen and oxygen atoms in total. The molecule has 0 saturated carbocycles. The van der Waals surface area contributed by atoms with Crippen molar-refractivity contribution in [2.24, 2.45) is 0 Å². The van der Waals surface area contributed by atoms with E-state index >= 15 is 0 Å². The molecule has 4 heteroatoms. The van der Waals surface area contributed by atoms with Crippen molar-refractivity contribution in [2.45, 2.75) is 13.5 Å². The van der Waals surface area contributed by atoms with E-state index in [0.29, 0.717) is 23.4 Å². The zero-order valence-electron chi connectivity index (χ0n) is 10.3. The summed E-state index contributed by atoms with van der Waals surface area (Å²) in [6.45, 7) is 2.11. The third-order valence-corrected chi connectivity index (χ3v) is 2.74. The fourth-order valence-corrected chi connectivity index (χ4v) is 1.78. The first-order chi connectivity index (χ1) is 8.58. The number of hydrogen-bond acceptors (Lipinski definition) is 2. The quantitative estimate of drug-likeness (QED) is 0.835. The lowest BCUT2D eigenvalue weighted by Crippen LogP contribution is -2.26. The molecule has 0 aliphatic rings. The van der Waals surface area contributed by atoms with Crippen LogP contribution in [-0.2, 0) is 6.54 Å². The molecule has 0 atom stereocenters. The smallest absolute Gasteiger partial charge is 0.254 e. The van der Waals surface area contributed by atoms with E-state index in [-0.39, 0.29) is 11.7 Å². The second kappa shape index (κ2) is 5.04. The molecule has 1 aromatic carbocycles. The van der Waals surface area contributed by atoms with Crippen LogP contribution in [0.1, 0.15) is 21.7 Å². The number of benzene rings is 1. The number of rotatable bonds is 3. The summed E-state index contributed by atoms with van der Waals surface area (Å²) in [6, 6.07) is 7.73. The summed E-state index contributed by atoms with van der Waals surface area (Å²) in [5.41, 5.74) is 1.14. The molecule has 0 N–H and O–H groups in total. The van der Waals surface area contributed by atoms with Gasteiger partial charge in [0.05, 0.1) is 12.8 Å². The zero-order chi connectivity index (χ0) is 13.1. The maximum absolute atomic E-state index is 13.0. The molecule has 0 aliphatic carbocycles. The van der Waals surface area contributed by atoms with Crippen LogP contribution in [0, 0.1) is 12.7 Å². The van der Waals surface area contributed by atoms with Gasteiger partial charge in [0.25, 0.3) is 5.91 Å². The summed E-state index contributed by atoms with van der Waals surface area (Å²) in [6.07, 6.45) is 1.57. The van der Waals surface area contributed by atoms with E-state index in [1.165, 1.54) is 18.2 Å². The topological polar surface area (TPSA) is 33.5 Å². The number of carbonyl (C=O) groups is 1. The number of amides is 1. The van der Waals surface area contributed by atoms with Gasteiger partial charge in [-0.15, -0.1) is 0 Å². The van der Waals surface area contributed by atoms with E-state index in [1.807, 2.05) is 0 Å². The summed E-state index contributed by atoms with van der Waals surface area (Å²) in [4.78, 5) is 13.7. The van der Waals surface area contributed by atoms with Gasteiger partial charge in [-0.3, -0.25) is 4.79 Å². The Morgan fingerprint density at radius 3 is 2.78 bits per heavy atom. The third kappa shape index (κ3) is 2.59. The molecular formula is C14H14FNO2. The first kappa shape index (κ1) is 12.4. The van der Waals surface area contributed by atoms with Gasteiger partial charge in [0.15, 0.2) is 0 Å². The molecule has 18 heavy (non-hydrogen) atoms. The fourth-order valence-electron chi connectivity index (χ4n) is 1.78. The molecule has 2 aromatic rings. The second-order valence-electron chi connectivity index (χ2n) is 4.20. The molecule has 2 rings (SSSR count). The van der Waals surface area contributed by atoms with Crippen LogP contribution in [0.2, 0.25) is 0 Å². The molecule has 94 valence electrons. The number of hydrogen-bond donors (Lipinski definition) is 0. The fraction of sp³-hybridized carbons (Fsp3) is 0.214. The minimum Gasteiger partial charge on any atom is -0.467 e. The Labute approximate surface area is 105 Å². The Bertz CT molecular complexity index is 549. The monoisotopic (exact) mass is 247 g/mol. The van der Waals surface area contributed by atoms with Crippen molar-refractivity contribution >= 4 is 5.91 Å². The highest BCUT2D eigenvalue weighted by molar-refractivity contribution is 5.95. The number of nitrogens with zero attached hydrogens (tertiary/aromatic N) is 1. The normalized spacial score (nSPS) is 10.4. The van der Waals surface area contributed by atoms with Crippen LogP contribution in [0.25, 0.3) is 0 Å². The highest BCUT2D eigenvalue weighted by Gasteiger charge is 2.15. The van der Waals surface area contributed by atoms with Crippen molar-refractivity contribution in [3.8, 4) is 0 Å². The van der Waals surface area contributed by atoms with Crippen LogP contribution in [-0.4, -0.2) is 17.9 Å². The summed E-state index contributed by atoms with van der Waals surface area (Å²) in [7, 11) is 1.69. The van der Waals surface area contributed by atoms with Crippen molar-refractivity contribution in [1.29, 1.82) is 0 Å². The lowest BCUT2D eigenvalue weighted by atomic mass is 10.1. The van der Waals surface area contributed by atoms with Crippen LogP contribution in [0.4, 0.5) is 4.39 Å². The van der Waals surface area contributed by atoms with Crippen molar-refractivity contribution in [1.82, 2.24) is 4.90 Å². The highest BCUT2D eigenvalue weighted by atomic mass is 19.1. The Hall–Kier alpha value is -2.10. The zero-order valence-corrected chi connectivity index (χ0v) is 10.3. The van der Waals surface area contributed by atoms with Crippen LogP contribution in [0.5, 0.6) is 0 Å². The number of aryl methyl sites for hydroxylation is 1. The van der Waals surface area contributed by atoms with Crippen molar-refractivity contribution in [2.75, 3.05) is 7.05 Å². The Balaban J connectivity index is 2.15.